The Hall–Kier alpha value is -2.66. The predicted octanol–water partition coefficient (Wildman–Crippen LogP) is 1.62. The van der Waals surface area contributed by atoms with Gasteiger partial charge in [0.1, 0.15) is 6.04 Å². The third-order valence-corrected chi connectivity index (χ3v) is 4.04. The van der Waals surface area contributed by atoms with Crippen LogP contribution in [0.3, 0.4) is 0 Å². The van der Waals surface area contributed by atoms with Crippen LogP contribution >= 0.6 is 0 Å². The molecule has 3 N–H and O–H groups in total. The Labute approximate surface area is 135 Å². The van der Waals surface area contributed by atoms with Crippen LogP contribution in [0.15, 0.2) is 54.6 Å². The van der Waals surface area contributed by atoms with Gasteiger partial charge >= 0.3 is 0 Å². The van der Waals surface area contributed by atoms with E-state index in [1.54, 1.807) is 18.2 Å². The summed E-state index contributed by atoms with van der Waals surface area (Å²) in [5, 5.41) is 2.85. The van der Waals surface area contributed by atoms with Gasteiger partial charge in [0.25, 0.3) is 0 Å². The lowest BCUT2D eigenvalue weighted by atomic mass is 9.99. The fourth-order valence-electron chi connectivity index (χ4n) is 2.88. The summed E-state index contributed by atoms with van der Waals surface area (Å²) in [6, 6.07) is 15.9. The van der Waals surface area contributed by atoms with E-state index in [-0.39, 0.29) is 18.2 Å². The van der Waals surface area contributed by atoms with Crippen molar-refractivity contribution in [2.75, 3.05) is 25.4 Å². The van der Waals surface area contributed by atoms with Crippen molar-refractivity contribution in [1.29, 1.82) is 0 Å². The molecule has 0 radical (unpaired) electrons. The second-order valence-corrected chi connectivity index (χ2v) is 5.58. The number of carbonyl (C=O) groups excluding carboxylic acids is 2. The van der Waals surface area contributed by atoms with Gasteiger partial charge in [-0.15, -0.1) is 0 Å². The average Bonchev–Trinajstić information content (AvgIpc) is 2.57. The highest BCUT2D eigenvalue weighted by atomic mass is 16.2. The Bertz CT molecular complexity index is 715. The van der Waals surface area contributed by atoms with Gasteiger partial charge < -0.3 is 11.1 Å². The molecule has 0 aromatic heterocycles. The lowest BCUT2D eigenvalue weighted by Crippen LogP contribution is -2.51. The molecule has 1 aliphatic heterocycles. The minimum atomic E-state index is -0.530. The monoisotopic (exact) mass is 309 g/mol. The number of nitrogen functional groups attached to an aromatic ring is 1. The summed E-state index contributed by atoms with van der Waals surface area (Å²) in [7, 11) is 0. The zero-order chi connectivity index (χ0) is 16.2. The van der Waals surface area contributed by atoms with Crippen molar-refractivity contribution in [1.82, 2.24) is 10.2 Å². The van der Waals surface area contributed by atoms with E-state index in [4.69, 9.17) is 5.73 Å². The van der Waals surface area contributed by atoms with Gasteiger partial charge in [0.2, 0.25) is 5.91 Å². The molecule has 0 aliphatic carbocycles. The molecule has 2 aromatic rings. The van der Waals surface area contributed by atoms with Gasteiger partial charge in [-0.2, -0.15) is 0 Å². The molecule has 0 bridgehead atoms. The number of nitrogens with one attached hydrogen (secondary N) is 1. The van der Waals surface area contributed by atoms with Crippen LogP contribution in [-0.2, 0) is 4.79 Å². The summed E-state index contributed by atoms with van der Waals surface area (Å²) in [6.45, 7) is 1.34. The summed E-state index contributed by atoms with van der Waals surface area (Å²) in [5.74, 6) is -0.116. The standard InChI is InChI=1S/C18H19N3O2/c19-15-9-5-4-8-14(15)17-18(23)20-10-11-21(17)12-16(22)13-6-2-1-3-7-13/h1-9,17H,10-12,19H2,(H,20,23). The summed E-state index contributed by atoms with van der Waals surface area (Å²) < 4.78 is 0. The number of ketones is 1. The zero-order valence-corrected chi connectivity index (χ0v) is 12.7. The van der Waals surface area contributed by atoms with Crippen LogP contribution in [0.1, 0.15) is 22.0 Å². The van der Waals surface area contributed by atoms with Crippen molar-refractivity contribution in [2.24, 2.45) is 0 Å². The van der Waals surface area contributed by atoms with Gasteiger partial charge in [-0.05, 0) is 6.07 Å². The van der Waals surface area contributed by atoms with Crippen LogP contribution in [0.2, 0.25) is 0 Å². The third kappa shape index (κ3) is 3.24. The Morgan fingerprint density at radius 2 is 1.83 bits per heavy atom. The van der Waals surface area contributed by atoms with E-state index >= 15 is 0 Å². The van der Waals surface area contributed by atoms with Crippen LogP contribution in [-0.4, -0.2) is 36.2 Å². The van der Waals surface area contributed by atoms with E-state index in [0.717, 1.165) is 5.56 Å². The van der Waals surface area contributed by atoms with E-state index < -0.39 is 6.04 Å². The van der Waals surface area contributed by atoms with Gasteiger partial charge in [0.05, 0.1) is 6.54 Å². The smallest absolute Gasteiger partial charge is 0.242 e. The number of anilines is 1. The molecule has 5 nitrogen and oxygen atoms in total. The normalized spacial score (nSPS) is 18.4. The van der Waals surface area contributed by atoms with Crippen molar-refractivity contribution in [2.45, 2.75) is 6.04 Å². The van der Waals surface area contributed by atoms with Crippen molar-refractivity contribution < 1.29 is 9.59 Å². The minimum Gasteiger partial charge on any atom is -0.398 e. The molecule has 23 heavy (non-hydrogen) atoms. The predicted molar refractivity (Wildman–Crippen MR) is 89.0 cm³/mol. The molecule has 1 atom stereocenters. The molecular weight excluding hydrogens is 290 g/mol. The fourth-order valence-corrected chi connectivity index (χ4v) is 2.88. The molecule has 118 valence electrons. The Morgan fingerprint density at radius 1 is 1.13 bits per heavy atom. The third-order valence-electron chi connectivity index (χ3n) is 4.04. The highest BCUT2D eigenvalue weighted by Crippen LogP contribution is 2.27. The Kier molecular flexibility index (Phi) is 4.39. The number of nitrogens with zero attached hydrogens (tertiary/aromatic N) is 1. The molecule has 5 heteroatoms. The molecule has 1 heterocycles. The topological polar surface area (TPSA) is 75.4 Å². The van der Waals surface area contributed by atoms with Crippen LogP contribution in [0.5, 0.6) is 0 Å². The molecule has 0 saturated carbocycles. The summed E-state index contributed by atoms with van der Waals surface area (Å²) in [4.78, 5) is 26.7. The van der Waals surface area contributed by atoms with E-state index in [1.165, 1.54) is 0 Å². The van der Waals surface area contributed by atoms with Crippen molar-refractivity contribution in [3.63, 3.8) is 0 Å². The van der Waals surface area contributed by atoms with Gasteiger partial charge in [0, 0.05) is 29.9 Å². The fraction of sp³-hybridized carbons (Fsp3) is 0.222. The van der Waals surface area contributed by atoms with E-state index in [1.807, 2.05) is 41.3 Å². The number of piperazine rings is 1. The van der Waals surface area contributed by atoms with Crippen LogP contribution in [0.25, 0.3) is 0 Å². The molecule has 2 aromatic carbocycles. The first kappa shape index (κ1) is 15.2. The number of carbonyl (C=O) groups is 2. The maximum atomic E-state index is 12.5. The Balaban J connectivity index is 1.86. The SMILES string of the molecule is Nc1ccccc1C1C(=O)NCCN1CC(=O)c1ccccc1. The molecule has 0 spiro atoms. The molecule has 1 saturated heterocycles. The van der Waals surface area contributed by atoms with E-state index in [2.05, 4.69) is 5.32 Å². The quantitative estimate of drug-likeness (QED) is 0.665. The average molecular weight is 309 g/mol. The molecular formula is C18H19N3O2. The molecule has 1 unspecified atom stereocenters. The van der Waals surface area contributed by atoms with Crippen LogP contribution in [0, 0.1) is 0 Å². The second kappa shape index (κ2) is 6.62. The first-order valence-electron chi connectivity index (χ1n) is 7.61. The van der Waals surface area contributed by atoms with E-state index in [9.17, 15) is 9.59 Å². The van der Waals surface area contributed by atoms with Gasteiger partial charge in [-0.1, -0.05) is 48.5 Å². The first-order valence-corrected chi connectivity index (χ1v) is 7.61. The number of hydrogen-bond acceptors (Lipinski definition) is 4. The number of Topliss-reactive ketones (excluding diaryl/α,β-unsaturated/α-hetero) is 1. The number of para-hydroxylation sites is 1. The number of hydrogen-bond donors (Lipinski definition) is 2. The number of rotatable bonds is 4. The van der Waals surface area contributed by atoms with Gasteiger partial charge in [0.15, 0.2) is 5.78 Å². The van der Waals surface area contributed by atoms with E-state index in [0.29, 0.717) is 24.3 Å². The largest absolute Gasteiger partial charge is 0.398 e. The Morgan fingerprint density at radius 3 is 2.57 bits per heavy atom. The first-order chi connectivity index (χ1) is 11.2. The van der Waals surface area contributed by atoms with Gasteiger partial charge in [-0.25, -0.2) is 0 Å². The highest BCUT2D eigenvalue weighted by molar-refractivity contribution is 5.98. The molecule has 1 amide bonds. The second-order valence-electron chi connectivity index (χ2n) is 5.58. The van der Waals surface area contributed by atoms with Gasteiger partial charge in [-0.3, -0.25) is 14.5 Å². The van der Waals surface area contributed by atoms with Crippen LogP contribution < -0.4 is 11.1 Å². The zero-order valence-electron chi connectivity index (χ0n) is 12.7. The van der Waals surface area contributed by atoms with Crippen LogP contribution in [0.4, 0.5) is 5.69 Å². The summed E-state index contributed by atoms with van der Waals surface area (Å²) >= 11 is 0. The molecule has 3 rings (SSSR count). The maximum Gasteiger partial charge on any atom is 0.242 e. The number of amides is 1. The lowest BCUT2D eigenvalue weighted by molar-refractivity contribution is -0.128. The number of benzene rings is 2. The number of nitrogens with two attached hydrogens (primary N) is 1. The minimum absolute atomic E-state index is 0.000183. The molecule has 1 aliphatic rings. The molecule has 1 fully saturated rings. The van der Waals surface area contributed by atoms with Crippen molar-refractivity contribution in [3.8, 4) is 0 Å². The van der Waals surface area contributed by atoms with Crippen molar-refractivity contribution in [3.05, 3.63) is 65.7 Å². The highest BCUT2D eigenvalue weighted by Gasteiger charge is 2.33. The summed E-state index contributed by atoms with van der Waals surface area (Å²) in [5.41, 5.74) is 7.98. The van der Waals surface area contributed by atoms with Crippen molar-refractivity contribution >= 4 is 17.4 Å². The summed E-state index contributed by atoms with van der Waals surface area (Å²) in [6.07, 6.45) is 0. The maximum absolute atomic E-state index is 12.5. The lowest BCUT2D eigenvalue weighted by Gasteiger charge is -2.35.